The van der Waals surface area contributed by atoms with Crippen LogP contribution in [0.2, 0.25) is 0 Å². The lowest BCUT2D eigenvalue weighted by Gasteiger charge is -2.27. The molecule has 0 spiro atoms. The van der Waals surface area contributed by atoms with E-state index in [0.29, 0.717) is 10.6 Å². The van der Waals surface area contributed by atoms with E-state index in [0.717, 1.165) is 15.7 Å². The highest BCUT2D eigenvalue weighted by atomic mass is 32.1. The number of aromatic nitrogens is 1. The minimum Gasteiger partial charge on any atom is -0.383 e. The molecule has 1 aromatic heterocycles. The minimum atomic E-state index is -1.20. The van der Waals surface area contributed by atoms with Crippen LogP contribution in [0.15, 0.2) is 42.5 Å². The van der Waals surface area contributed by atoms with Gasteiger partial charge in [0.25, 0.3) is 23.4 Å². The van der Waals surface area contributed by atoms with E-state index in [-0.39, 0.29) is 24.3 Å². The fourth-order valence-corrected chi connectivity index (χ4v) is 4.58. The molecule has 10 nitrogen and oxygen atoms in total. The second-order valence-corrected chi connectivity index (χ2v) is 8.07. The normalized spacial score (nSPS) is 14.0. The van der Waals surface area contributed by atoms with Gasteiger partial charge in [-0.1, -0.05) is 29.5 Å². The molecule has 0 aliphatic carbocycles. The van der Waals surface area contributed by atoms with Crippen molar-refractivity contribution in [1.82, 2.24) is 9.88 Å². The van der Waals surface area contributed by atoms with Crippen molar-refractivity contribution < 1.29 is 24.0 Å². The van der Waals surface area contributed by atoms with Crippen molar-refractivity contribution in [3.8, 4) is 0 Å². The minimum absolute atomic E-state index is 0.0905. The molecule has 1 atom stereocenters. The van der Waals surface area contributed by atoms with Gasteiger partial charge in [0.15, 0.2) is 5.13 Å². The number of fused-ring (bicyclic) bond motifs is 2. The highest BCUT2D eigenvalue weighted by Crippen LogP contribution is 2.33. The zero-order valence-electron chi connectivity index (χ0n) is 17.2. The number of carbonyl (C=O) groups is 3. The van der Waals surface area contributed by atoms with E-state index >= 15 is 0 Å². The molecule has 32 heavy (non-hydrogen) atoms. The van der Waals surface area contributed by atoms with Crippen LogP contribution in [0.1, 0.15) is 27.6 Å². The topological polar surface area (TPSA) is 123 Å². The number of nitrogens with zero attached hydrogens (tertiary/aromatic N) is 4. The summed E-state index contributed by atoms with van der Waals surface area (Å²) in [5.74, 6) is -2.15. The Morgan fingerprint density at radius 1 is 1.22 bits per heavy atom. The Morgan fingerprint density at radius 3 is 2.66 bits per heavy atom. The molecule has 0 saturated heterocycles. The van der Waals surface area contributed by atoms with Gasteiger partial charge in [-0.15, -0.1) is 0 Å². The van der Waals surface area contributed by atoms with E-state index < -0.39 is 34.4 Å². The average molecular weight is 454 g/mol. The summed E-state index contributed by atoms with van der Waals surface area (Å²) in [5.41, 5.74) is -0.144. The van der Waals surface area contributed by atoms with Gasteiger partial charge in [0.05, 0.1) is 33.9 Å². The molecule has 0 fully saturated rings. The Balaban J connectivity index is 1.69. The lowest BCUT2D eigenvalue weighted by Crippen LogP contribution is -2.50. The first-order valence-corrected chi connectivity index (χ1v) is 10.5. The number of nitro benzene ring substituents is 1. The standard InChI is InChI=1S/C21H18N4O6S/c1-12(24-19(27)13-6-5-8-15(25(29)30)17(13)20(24)28)18(26)23(10-11-31-2)21-22-14-7-3-4-9-16(14)32-21/h3-9,12H,10-11H2,1-2H3. The van der Waals surface area contributed by atoms with E-state index in [1.807, 2.05) is 24.3 Å². The molecule has 3 aromatic rings. The highest BCUT2D eigenvalue weighted by molar-refractivity contribution is 7.22. The van der Waals surface area contributed by atoms with Gasteiger partial charge in [-0.05, 0) is 25.1 Å². The maximum absolute atomic E-state index is 13.4. The molecule has 1 aliphatic heterocycles. The van der Waals surface area contributed by atoms with Crippen molar-refractivity contribution in [3.63, 3.8) is 0 Å². The van der Waals surface area contributed by atoms with Gasteiger partial charge in [-0.3, -0.25) is 34.3 Å². The van der Waals surface area contributed by atoms with Crippen LogP contribution in [-0.4, -0.2) is 58.8 Å². The Kier molecular flexibility index (Phi) is 5.68. The van der Waals surface area contributed by atoms with Crippen molar-refractivity contribution in [1.29, 1.82) is 0 Å². The van der Waals surface area contributed by atoms with Crippen LogP contribution < -0.4 is 4.90 Å². The van der Waals surface area contributed by atoms with E-state index in [9.17, 15) is 24.5 Å². The number of thiazole rings is 1. The molecular formula is C21H18N4O6S. The highest BCUT2D eigenvalue weighted by Gasteiger charge is 2.46. The summed E-state index contributed by atoms with van der Waals surface area (Å²) >= 11 is 1.30. The van der Waals surface area contributed by atoms with E-state index in [2.05, 4.69) is 4.98 Å². The third kappa shape index (κ3) is 3.51. The molecule has 0 radical (unpaired) electrons. The van der Waals surface area contributed by atoms with E-state index in [4.69, 9.17) is 4.74 Å². The molecule has 2 heterocycles. The number of imide groups is 1. The number of hydrogen-bond donors (Lipinski definition) is 0. The summed E-state index contributed by atoms with van der Waals surface area (Å²) in [4.78, 5) is 56.6. The van der Waals surface area contributed by atoms with Gasteiger partial charge in [-0.25, -0.2) is 4.98 Å². The maximum atomic E-state index is 13.4. The second-order valence-electron chi connectivity index (χ2n) is 7.06. The van der Waals surface area contributed by atoms with Gasteiger partial charge in [0, 0.05) is 13.2 Å². The number of carbonyl (C=O) groups excluding carboxylic acids is 3. The fourth-order valence-electron chi connectivity index (χ4n) is 3.58. The Hall–Kier alpha value is -3.70. The zero-order valence-corrected chi connectivity index (χ0v) is 18.0. The SMILES string of the molecule is COCCN(C(=O)C(C)N1C(=O)c2cccc([N+](=O)[O-])c2C1=O)c1nc2ccccc2s1. The number of hydrogen-bond acceptors (Lipinski definition) is 8. The monoisotopic (exact) mass is 454 g/mol. The molecule has 4 rings (SSSR count). The lowest BCUT2D eigenvalue weighted by molar-refractivity contribution is -0.385. The van der Waals surface area contributed by atoms with E-state index in [1.165, 1.54) is 42.4 Å². The molecular weight excluding hydrogens is 436 g/mol. The molecule has 0 bridgehead atoms. The third-order valence-electron chi connectivity index (χ3n) is 5.16. The van der Waals surface area contributed by atoms with Gasteiger partial charge < -0.3 is 4.74 Å². The first-order valence-electron chi connectivity index (χ1n) is 9.66. The number of nitro groups is 1. The van der Waals surface area contributed by atoms with E-state index in [1.54, 1.807) is 0 Å². The number of anilines is 1. The van der Waals surface area contributed by atoms with Crippen LogP contribution in [0.25, 0.3) is 10.2 Å². The molecule has 0 N–H and O–H groups in total. The summed E-state index contributed by atoms with van der Waals surface area (Å²) in [5, 5.41) is 11.8. The summed E-state index contributed by atoms with van der Waals surface area (Å²) in [6, 6.07) is 10.0. The molecule has 3 amide bonds. The van der Waals surface area contributed by atoms with Crippen LogP contribution in [-0.2, 0) is 9.53 Å². The summed E-state index contributed by atoms with van der Waals surface area (Å²) < 4.78 is 6.00. The van der Waals surface area contributed by atoms with Crippen LogP contribution in [0.4, 0.5) is 10.8 Å². The van der Waals surface area contributed by atoms with Gasteiger partial charge in [0.1, 0.15) is 11.6 Å². The Labute approximate surface area is 186 Å². The summed E-state index contributed by atoms with van der Waals surface area (Å²) in [7, 11) is 1.49. The smallest absolute Gasteiger partial charge is 0.282 e. The summed E-state index contributed by atoms with van der Waals surface area (Å²) in [6.07, 6.45) is 0. The van der Waals surface area contributed by atoms with Crippen LogP contribution in [0.5, 0.6) is 0 Å². The lowest BCUT2D eigenvalue weighted by atomic mass is 10.1. The van der Waals surface area contributed by atoms with Gasteiger partial charge in [-0.2, -0.15) is 0 Å². The molecule has 2 aromatic carbocycles. The van der Waals surface area contributed by atoms with Gasteiger partial charge >= 0.3 is 0 Å². The van der Waals surface area contributed by atoms with Crippen LogP contribution in [0, 0.1) is 10.1 Å². The fraction of sp³-hybridized carbons (Fsp3) is 0.238. The van der Waals surface area contributed by atoms with Crippen molar-refractivity contribution in [2.24, 2.45) is 0 Å². The number of benzene rings is 2. The van der Waals surface area contributed by atoms with Crippen molar-refractivity contribution in [2.45, 2.75) is 13.0 Å². The zero-order chi connectivity index (χ0) is 23.0. The number of para-hydroxylation sites is 1. The summed E-state index contributed by atoms with van der Waals surface area (Å²) in [6.45, 7) is 1.79. The molecule has 1 aliphatic rings. The first-order chi connectivity index (χ1) is 15.3. The van der Waals surface area contributed by atoms with Gasteiger partial charge in [0.2, 0.25) is 0 Å². The van der Waals surface area contributed by atoms with Crippen LogP contribution >= 0.6 is 11.3 Å². The average Bonchev–Trinajstić information content (AvgIpc) is 3.32. The van der Waals surface area contributed by atoms with Crippen molar-refractivity contribution >= 4 is 50.1 Å². The van der Waals surface area contributed by atoms with Crippen molar-refractivity contribution in [2.75, 3.05) is 25.2 Å². The number of ether oxygens (including phenoxy) is 1. The first kappa shape index (κ1) is 21.5. The van der Waals surface area contributed by atoms with Crippen LogP contribution in [0.3, 0.4) is 0 Å². The number of amides is 3. The predicted octanol–water partition coefficient (Wildman–Crippen LogP) is 2.87. The molecule has 0 saturated carbocycles. The number of methoxy groups -OCH3 is 1. The third-order valence-corrected chi connectivity index (χ3v) is 6.22. The Bertz CT molecular complexity index is 1220. The quantitative estimate of drug-likeness (QED) is 0.305. The molecule has 1 unspecified atom stereocenters. The predicted molar refractivity (Wildman–Crippen MR) is 117 cm³/mol. The largest absolute Gasteiger partial charge is 0.383 e. The number of rotatable bonds is 7. The Morgan fingerprint density at radius 2 is 1.97 bits per heavy atom. The molecule has 164 valence electrons. The molecule has 11 heteroatoms. The maximum Gasteiger partial charge on any atom is 0.282 e. The van der Waals surface area contributed by atoms with Crippen molar-refractivity contribution in [3.05, 3.63) is 63.7 Å². The second kappa shape index (κ2) is 8.44.